The number of thiophene rings is 1. The van der Waals surface area contributed by atoms with Crippen molar-refractivity contribution in [3.8, 4) is 0 Å². The molecule has 0 aliphatic heterocycles. The number of benzene rings is 1. The maximum absolute atomic E-state index is 12.3. The summed E-state index contributed by atoms with van der Waals surface area (Å²) in [5.41, 5.74) is 2.17. The van der Waals surface area contributed by atoms with Crippen LogP contribution in [0.15, 0.2) is 40.6 Å². The van der Waals surface area contributed by atoms with E-state index in [1.165, 1.54) is 0 Å². The molecule has 0 aliphatic rings. The van der Waals surface area contributed by atoms with Crippen LogP contribution in [0.4, 0.5) is 0 Å². The van der Waals surface area contributed by atoms with Gasteiger partial charge in [-0.2, -0.15) is 0 Å². The van der Waals surface area contributed by atoms with Gasteiger partial charge in [0.2, 0.25) is 10.0 Å². The quantitative estimate of drug-likeness (QED) is 0.859. The Labute approximate surface area is 130 Å². The summed E-state index contributed by atoms with van der Waals surface area (Å²) < 4.78 is 27.2. The molecule has 2 N–H and O–H groups in total. The first kappa shape index (κ1) is 16.2. The minimum Gasteiger partial charge on any atom is -0.313 e. The third-order valence-corrected chi connectivity index (χ3v) is 5.95. The molecule has 4 nitrogen and oxygen atoms in total. The summed E-state index contributed by atoms with van der Waals surface area (Å²) in [6, 6.07) is 9.16. The second kappa shape index (κ2) is 6.70. The minimum absolute atomic E-state index is 0.198. The molecular weight excluding hydrogens is 304 g/mol. The smallest absolute Gasteiger partial charge is 0.240 e. The predicted octanol–water partition coefficient (Wildman–Crippen LogP) is 2.82. The van der Waals surface area contributed by atoms with E-state index < -0.39 is 10.0 Å². The van der Waals surface area contributed by atoms with Crippen LogP contribution in [0.1, 0.15) is 29.0 Å². The van der Waals surface area contributed by atoms with Crippen LogP contribution in [0.3, 0.4) is 0 Å². The normalized spacial score (nSPS) is 13.3. The van der Waals surface area contributed by atoms with E-state index in [0.717, 1.165) is 16.0 Å². The summed E-state index contributed by atoms with van der Waals surface area (Å²) in [5.74, 6) is 0. The molecule has 0 radical (unpaired) electrons. The highest BCUT2D eigenvalue weighted by Gasteiger charge is 2.15. The molecule has 1 aromatic carbocycles. The molecule has 2 rings (SSSR count). The van der Waals surface area contributed by atoms with Crippen molar-refractivity contribution in [2.45, 2.75) is 31.3 Å². The van der Waals surface area contributed by atoms with Crippen LogP contribution >= 0.6 is 11.3 Å². The second-order valence-electron chi connectivity index (χ2n) is 4.93. The third kappa shape index (κ3) is 3.91. The molecule has 0 bridgehead atoms. The summed E-state index contributed by atoms with van der Waals surface area (Å²) in [6.07, 6.45) is 0. The van der Waals surface area contributed by atoms with Gasteiger partial charge in [-0.1, -0.05) is 12.1 Å². The molecule has 0 fully saturated rings. The van der Waals surface area contributed by atoms with Gasteiger partial charge in [-0.05, 0) is 55.6 Å². The highest BCUT2D eigenvalue weighted by Crippen LogP contribution is 2.18. The zero-order valence-corrected chi connectivity index (χ0v) is 14.0. The van der Waals surface area contributed by atoms with E-state index in [1.54, 1.807) is 23.5 Å². The zero-order valence-electron chi connectivity index (χ0n) is 12.4. The number of hydrogen-bond acceptors (Lipinski definition) is 4. The molecule has 1 aromatic heterocycles. The van der Waals surface area contributed by atoms with Crippen molar-refractivity contribution in [2.75, 3.05) is 7.05 Å². The molecule has 0 amide bonds. The van der Waals surface area contributed by atoms with E-state index >= 15 is 0 Å². The van der Waals surface area contributed by atoms with Gasteiger partial charge in [-0.25, -0.2) is 13.1 Å². The molecule has 21 heavy (non-hydrogen) atoms. The number of rotatable bonds is 6. The monoisotopic (exact) mass is 324 g/mol. The summed E-state index contributed by atoms with van der Waals surface area (Å²) in [7, 11) is -1.59. The van der Waals surface area contributed by atoms with Gasteiger partial charge in [0.25, 0.3) is 0 Å². The lowest BCUT2D eigenvalue weighted by molar-refractivity contribution is 0.581. The van der Waals surface area contributed by atoms with E-state index in [4.69, 9.17) is 0 Å². The van der Waals surface area contributed by atoms with E-state index in [1.807, 2.05) is 44.5 Å². The lowest BCUT2D eigenvalue weighted by atomic mass is 10.1. The summed E-state index contributed by atoms with van der Waals surface area (Å²) in [6.45, 7) is 4.34. The fourth-order valence-corrected chi connectivity index (χ4v) is 3.86. The van der Waals surface area contributed by atoms with Gasteiger partial charge in [-0.3, -0.25) is 0 Å². The minimum atomic E-state index is -3.47. The Bertz CT molecular complexity index is 691. The van der Waals surface area contributed by atoms with E-state index in [2.05, 4.69) is 10.0 Å². The Morgan fingerprint density at radius 3 is 2.38 bits per heavy atom. The van der Waals surface area contributed by atoms with Gasteiger partial charge in [0.05, 0.1) is 4.90 Å². The van der Waals surface area contributed by atoms with Gasteiger partial charge >= 0.3 is 0 Å². The van der Waals surface area contributed by atoms with Crippen molar-refractivity contribution in [2.24, 2.45) is 0 Å². The highest BCUT2D eigenvalue weighted by atomic mass is 32.2. The van der Waals surface area contributed by atoms with Gasteiger partial charge < -0.3 is 5.32 Å². The summed E-state index contributed by atoms with van der Waals surface area (Å²) in [5, 5.41) is 5.09. The fraction of sp³-hybridized carbons (Fsp3) is 0.333. The number of hydrogen-bond donors (Lipinski definition) is 2. The first-order valence-electron chi connectivity index (χ1n) is 6.74. The van der Waals surface area contributed by atoms with Gasteiger partial charge in [0, 0.05) is 17.5 Å². The van der Waals surface area contributed by atoms with Crippen molar-refractivity contribution in [1.82, 2.24) is 10.0 Å². The standard InChI is InChI=1S/C15H20N2O2S2/c1-11-8-9-20-15(11)10-17-21(18,19)14-6-4-13(5-7-14)12(2)16-3/h4-9,12,16-17H,10H2,1-3H3. The van der Waals surface area contributed by atoms with E-state index in [0.29, 0.717) is 11.4 Å². The van der Waals surface area contributed by atoms with Crippen LogP contribution in [0.25, 0.3) is 0 Å². The van der Waals surface area contributed by atoms with E-state index in [9.17, 15) is 8.42 Å². The Morgan fingerprint density at radius 2 is 1.86 bits per heavy atom. The Morgan fingerprint density at radius 1 is 1.19 bits per heavy atom. The van der Waals surface area contributed by atoms with Gasteiger partial charge in [-0.15, -0.1) is 11.3 Å². The van der Waals surface area contributed by atoms with Crippen molar-refractivity contribution in [1.29, 1.82) is 0 Å². The average Bonchev–Trinajstić information content (AvgIpc) is 2.90. The topological polar surface area (TPSA) is 58.2 Å². The third-order valence-electron chi connectivity index (χ3n) is 3.51. The van der Waals surface area contributed by atoms with Gasteiger partial charge in [0.1, 0.15) is 0 Å². The lowest BCUT2D eigenvalue weighted by Crippen LogP contribution is -2.23. The largest absolute Gasteiger partial charge is 0.313 e. The molecule has 6 heteroatoms. The van der Waals surface area contributed by atoms with Crippen LogP contribution in [0.2, 0.25) is 0 Å². The highest BCUT2D eigenvalue weighted by molar-refractivity contribution is 7.89. The molecule has 1 unspecified atom stereocenters. The maximum Gasteiger partial charge on any atom is 0.240 e. The fourth-order valence-electron chi connectivity index (χ4n) is 1.93. The first-order chi connectivity index (χ1) is 9.94. The number of nitrogens with one attached hydrogen (secondary N) is 2. The maximum atomic E-state index is 12.3. The molecular formula is C15H20N2O2S2. The summed E-state index contributed by atoms with van der Waals surface area (Å²) >= 11 is 1.56. The number of sulfonamides is 1. The van der Waals surface area contributed by atoms with Crippen molar-refractivity contribution in [3.63, 3.8) is 0 Å². The first-order valence-corrected chi connectivity index (χ1v) is 9.10. The molecule has 0 spiro atoms. The lowest BCUT2D eigenvalue weighted by Gasteiger charge is -2.11. The van der Waals surface area contributed by atoms with Crippen molar-refractivity contribution in [3.05, 3.63) is 51.7 Å². The predicted molar refractivity (Wildman–Crippen MR) is 87.0 cm³/mol. The van der Waals surface area contributed by atoms with Crippen LogP contribution in [0, 0.1) is 6.92 Å². The Kier molecular flexibility index (Phi) is 5.16. The molecule has 0 saturated carbocycles. The van der Waals surface area contributed by atoms with Crippen molar-refractivity contribution >= 4 is 21.4 Å². The Balaban J connectivity index is 2.10. The van der Waals surface area contributed by atoms with Crippen molar-refractivity contribution < 1.29 is 8.42 Å². The Hall–Kier alpha value is -1.21. The molecule has 1 heterocycles. The molecule has 0 saturated heterocycles. The molecule has 2 aromatic rings. The molecule has 0 aliphatic carbocycles. The molecule has 114 valence electrons. The zero-order chi connectivity index (χ0) is 15.5. The number of aryl methyl sites for hydroxylation is 1. The molecule has 1 atom stereocenters. The van der Waals surface area contributed by atoms with E-state index in [-0.39, 0.29) is 6.04 Å². The van der Waals surface area contributed by atoms with Crippen LogP contribution in [0.5, 0.6) is 0 Å². The van der Waals surface area contributed by atoms with Crippen LogP contribution in [-0.4, -0.2) is 15.5 Å². The van der Waals surface area contributed by atoms with Crippen LogP contribution < -0.4 is 10.0 Å². The summed E-state index contributed by atoms with van der Waals surface area (Å²) in [4.78, 5) is 1.34. The van der Waals surface area contributed by atoms with Gasteiger partial charge in [0.15, 0.2) is 0 Å². The van der Waals surface area contributed by atoms with Crippen LogP contribution in [-0.2, 0) is 16.6 Å². The second-order valence-corrected chi connectivity index (χ2v) is 7.70. The SMILES string of the molecule is CNC(C)c1ccc(S(=O)(=O)NCc2sccc2C)cc1. The average molecular weight is 324 g/mol.